The maximum atomic E-state index is 14.4. The maximum absolute atomic E-state index is 14.4. The molecule has 0 aliphatic heterocycles. The van der Waals surface area contributed by atoms with Gasteiger partial charge in [0, 0.05) is 12.2 Å². The summed E-state index contributed by atoms with van der Waals surface area (Å²) in [5.74, 6) is 0.705. The number of nitrogens with zero attached hydrogens (tertiary/aromatic N) is 1. The van der Waals surface area contributed by atoms with Crippen molar-refractivity contribution in [1.82, 2.24) is 10.2 Å². The number of thioether (sulfide) groups is 1. The molecular formula is C33H49N3O5S. The summed E-state index contributed by atoms with van der Waals surface area (Å²) in [6.07, 6.45) is 5.44. The highest BCUT2D eigenvalue weighted by Crippen LogP contribution is 2.29. The summed E-state index contributed by atoms with van der Waals surface area (Å²) in [4.78, 5) is 43.0. The molecule has 0 aromatic heterocycles. The molecule has 0 saturated heterocycles. The second-order valence-corrected chi connectivity index (χ2v) is 12.5. The lowest BCUT2D eigenvalue weighted by molar-refractivity contribution is -0.141. The lowest BCUT2D eigenvalue weighted by Crippen LogP contribution is -2.53. The van der Waals surface area contributed by atoms with Crippen molar-refractivity contribution >= 4 is 35.4 Å². The number of carbonyl (C=O) groups is 3. The fraction of sp³-hybridized carbons (Fsp3) is 0.545. The lowest BCUT2D eigenvalue weighted by atomic mass is 9.95. The molecule has 2 unspecified atom stereocenters. The highest BCUT2D eigenvalue weighted by Gasteiger charge is 2.36. The third kappa shape index (κ3) is 11.2. The zero-order valence-electron chi connectivity index (χ0n) is 26.5. The molecular weight excluding hydrogens is 550 g/mol. The van der Waals surface area contributed by atoms with Crippen LogP contribution in [0.3, 0.4) is 0 Å². The van der Waals surface area contributed by atoms with Gasteiger partial charge in [-0.05, 0) is 94.9 Å². The van der Waals surface area contributed by atoms with Crippen LogP contribution in [0, 0.1) is 13.8 Å². The molecule has 0 aliphatic rings. The largest absolute Gasteiger partial charge is 0.497 e. The zero-order valence-corrected chi connectivity index (χ0v) is 27.4. The van der Waals surface area contributed by atoms with E-state index in [9.17, 15) is 14.4 Å². The molecule has 42 heavy (non-hydrogen) atoms. The molecule has 0 spiro atoms. The zero-order chi connectivity index (χ0) is 31.3. The third-order valence-electron chi connectivity index (χ3n) is 6.77. The van der Waals surface area contributed by atoms with Crippen LogP contribution in [-0.2, 0) is 14.3 Å². The first-order valence-electron chi connectivity index (χ1n) is 14.7. The Morgan fingerprint density at radius 3 is 2.26 bits per heavy atom. The number of nitrogens with one attached hydrogen (secondary N) is 2. The van der Waals surface area contributed by atoms with E-state index in [2.05, 4.69) is 17.6 Å². The monoisotopic (exact) mass is 599 g/mol. The van der Waals surface area contributed by atoms with Gasteiger partial charge in [-0.15, -0.1) is 0 Å². The molecule has 0 fully saturated rings. The summed E-state index contributed by atoms with van der Waals surface area (Å²) in [5.41, 5.74) is 2.61. The van der Waals surface area contributed by atoms with Crippen molar-refractivity contribution in [2.24, 2.45) is 0 Å². The number of benzene rings is 2. The van der Waals surface area contributed by atoms with E-state index in [0.29, 0.717) is 30.2 Å². The van der Waals surface area contributed by atoms with E-state index in [0.717, 1.165) is 42.4 Å². The van der Waals surface area contributed by atoms with E-state index < -0.39 is 23.8 Å². The summed E-state index contributed by atoms with van der Waals surface area (Å²) in [7, 11) is 1.59. The van der Waals surface area contributed by atoms with Crippen LogP contribution in [-0.4, -0.2) is 60.1 Å². The summed E-state index contributed by atoms with van der Waals surface area (Å²) in [6.45, 7) is 11.8. The Labute approximate surface area is 256 Å². The van der Waals surface area contributed by atoms with Gasteiger partial charge in [-0.1, -0.05) is 49.9 Å². The van der Waals surface area contributed by atoms with Crippen molar-refractivity contribution < 1.29 is 23.9 Å². The first-order chi connectivity index (χ1) is 19.9. The first kappa shape index (κ1) is 35.0. The Morgan fingerprint density at radius 1 is 1.00 bits per heavy atom. The lowest BCUT2D eigenvalue weighted by Gasteiger charge is -2.35. The van der Waals surface area contributed by atoms with Gasteiger partial charge in [0.25, 0.3) is 5.91 Å². The van der Waals surface area contributed by atoms with Crippen LogP contribution in [0.15, 0.2) is 42.5 Å². The average molecular weight is 600 g/mol. The van der Waals surface area contributed by atoms with E-state index in [4.69, 9.17) is 9.47 Å². The van der Waals surface area contributed by atoms with E-state index in [-0.39, 0.29) is 11.8 Å². The van der Waals surface area contributed by atoms with Gasteiger partial charge < -0.3 is 25.0 Å². The van der Waals surface area contributed by atoms with Crippen molar-refractivity contribution in [2.45, 2.75) is 91.3 Å². The summed E-state index contributed by atoms with van der Waals surface area (Å²) in [6, 6.07) is 11.3. The second kappa shape index (κ2) is 17.0. The van der Waals surface area contributed by atoms with Crippen molar-refractivity contribution in [3.05, 3.63) is 59.2 Å². The smallest absolute Gasteiger partial charge is 0.408 e. The predicted octanol–water partition coefficient (Wildman–Crippen LogP) is 7.05. The number of hydrogen-bond donors (Lipinski definition) is 2. The third-order valence-corrected chi connectivity index (χ3v) is 7.42. The van der Waals surface area contributed by atoms with E-state index >= 15 is 0 Å². The minimum atomic E-state index is -0.904. The number of amides is 3. The fourth-order valence-electron chi connectivity index (χ4n) is 4.69. The number of rotatable bonds is 15. The van der Waals surface area contributed by atoms with Crippen LogP contribution in [0.25, 0.3) is 0 Å². The Morgan fingerprint density at radius 2 is 1.69 bits per heavy atom. The molecule has 8 nitrogen and oxygen atoms in total. The molecule has 3 amide bonds. The van der Waals surface area contributed by atoms with Crippen LogP contribution in [0.4, 0.5) is 10.5 Å². The van der Waals surface area contributed by atoms with Crippen molar-refractivity contribution in [2.75, 3.05) is 31.0 Å². The molecule has 0 heterocycles. The van der Waals surface area contributed by atoms with Crippen LogP contribution in [0.5, 0.6) is 5.75 Å². The van der Waals surface area contributed by atoms with Gasteiger partial charge in [-0.25, -0.2) is 4.79 Å². The normalized spacial score (nSPS) is 12.7. The SMILES string of the molecule is CCCCCCN(C(=O)C(CCSC)NC(=O)OC(C)(C)C)C(C(=O)Nc1ccc(OC)cc1)c1ccc(C)cc1C. The van der Waals surface area contributed by atoms with Crippen LogP contribution >= 0.6 is 11.8 Å². The summed E-state index contributed by atoms with van der Waals surface area (Å²) >= 11 is 1.59. The molecule has 0 aliphatic carbocycles. The Hall–Kier alpha value is -3.20. The standard InChI is InChI=1S/C33H49N3O5S/c1-9-10-11-12-20-36(31(38)28(19-21-42-8)35-32(39)41-33(4,5)6)29(27-18-13-23(2)22-24(27)3)30(37)34-25-14-16-26(40-7)17-15-25/h13-18,22,28-29H,9-12,19-21H2,1-8H3,(H,34,37)(H,35,39). The minimum Gasteiger partial charge on any atom is -0.497 e. The van der Waals surface area contributed by atoms with Gasteiger partial charge in [0.05, 0.1) is 7.11 Å². The van der Waals surface area contributed by atoms with Gasteiger partial charge in [0.1, 0.15) is 23.4 Å². The molecule has 2 aromatic rings. The number of ether oxygens (including phenoxy) is 2. The van der Waals surface area contributed by atoms with Crippen LogP contribution in [0.1, 0.15) is 82.5 Å². The topological polar surface area (TPSA) is 97.0 Å². The van der Waals surface area contributed by atoms with Gasteiger partial charge in [0.15, 0.2) is 0 Å². The first-order valence-corrected chi connectivity index (χ1v) is 16.1. The Bertz CT molecular complexity index is 1160. The van der Waals surface area contributed by atoms with Gasteiger partial charge in [-0.2, -0.15) is 11.8 Å². The van der Waals surface area contributed by atoms with Crippen LogP contribution in [0.2, 0.25) is 0 Å². The number of methoxy groups -OCH3 is 1. The number of aryl methyl sites for hydroxylation is 2. The predicted molar refractivity (Wildman–Crippen MR) is 172 cm³/mol. The molecule has 2 atom stereocenters. The molecule has 2 rings (SSSR count). The van der Waals surface area contributed by atoms with Crippen LogP contribution < -0.4 is 15.4 Å². The van der Waals surface area contributed by atoms with Crippen molar-refractivity contribution in [1.29, 1.82) is 0 Å². The molecule has 2 N–H and O–H groups in total. The number of alkyl carbamates (subject to hydrolysis) is 1. The number of unbranched alkanes of at least 4 members (excludes halogenated alkanes) is 3. The number of anilines is 1. The average Bonchev–Trinajstić information content (AvgIpc) is 2.92. The summed E-state index contributed by atoms with van der Waals surface area (Å²) < 4.78 is 10.8. The van der Waals surface area contributed by atoms with E-state index in [1.807, 2.05) is 38.3 Å². The van der Waals surface area contributed by atoms with Gasteiger partial charge in [0.2, 0.25) is 5.91 Å². The Kier molecular flexibility index (Phi) is 14.2. The van der Waals surface area contributed by atoms with E-state index in [1.54, 1.807) is 68.8 Å². The molecule has 232 valence electrons. The Balaban J connectivity index is 2.56. The molecule has 2 aromatic carbocycles. The number of hydrogen-bond acceptors (Lipinski definition) is 6. The summed E-state index contributed by atoms with van der Waals surface area (Å²) in [5, 5.41) is 5.83. The van der Waals surface area contributed by atoms with Crippen molar-refractivity contribution in [3.8, 4) is 5.75 Å². The quantitative estimate of drug-likeness (QED) is 0.213. The second-order valence-electron chi connectivity index (χ2n) is 11.6. The molecule has 0 saturated carbocycles. The maximum Gasteiger partial charge on any atom is 0.408 e. The molecule has 0 radical (unpaired) electrons. The minimum absolute atomic E-state index is 0.304. The molecule has 9 heteroatoms. The van der Waals surface area contributed by atoms with Gasteiger partial charge in [-0.3, -0.25) is 9.59 Å². The molecule has 0 bridgehead atoms. The number of carbonyl (C=O) groups excluding carboxylic acids is 3. The highest BCUT2D eigenvalue weighted by atomic mass is 32.2. The highest BCUT2D eigenvalue weighted by molar-refractivity contribution is 7.98. The van der Waals surface area contributed by atoms with Crippen molar-refractivity contribution in [3.63, 3.8) is 0 Å². The van der Waals surface area contributed by atoms with Gasteiger partial charge >= 0.3 is 6.09 Å². The fourth-order valence-corrected chi connectivity index (χ4v) is 5.16. The van der Waals surface area contributed by atoms with E-state index in [1.165, 1.54) is 0 Å².